The molecule has 4 aliphatic rings. The summed E-state index contributed by atoms with van der Waals surface area (Å²) in [6.07, 6.45) is 4.01. The molecule has 4 amide bonds. The molecule has 3 aromatic carbocycles. The highest BCUT2D eigenvalue weighted by Crippen LogP contribution is 2.46. The number of halogens is 1. The maximum absolute atomic E-state index is 13.4. The Bertz CT molecular complexity index is 1910. The topological polar surface area (TPSA) is 141 Å². The molecule has 4 aliphatic heterocycles. The van der Waals surface area contributed by atoms with E-state index in [0.29, 0.717) is 66.2 Å². The number of piperazine rings is 1. The third-order valence-electron chi connectivity index (χ3n) is 11.2. The molecule has 7 rings (SSSR count). The van der Waals surface area contributed by atoms with Crippen molar-refractivity contribution in [3.8, 4) is 6.07 Å². The van der Waals surface area contributed by atoms with Crippen LogP contribution in [0.15, 0.2) is 66.7 Å². The van der Waals surface area contributed by atoms with E-state index in [4.69, 9.17) is 11.6 Å². The second kappa shape index (κ2) is 15.5. The van der Waals surface area contributed by atoms with Crippen molar-refractivity contribution in [2.24, 2.45) is 5.41 Å². The number of hydrogen-bond donors (Lipinski definition) is 3. The highest BCUT2D eigenvalue weighted by atomic mass is 35.5. The SMILES string of the molecule is C[C@@H]1CC2(CCN(c3ccc(C(=O)N4CCN(CC(=O)Nc5cccc(N[C@@H]6CCC(=O)NC6=O)c5)CC4)cc3)CC2)CN1c1ccc(C#N)c(Cl)c1. The Morgan fingerprint density at radius 3 is 2.36 bits per heavy atom. The van der Waals surface area contributed by atoms with Gasteiger partial charge in [-0.1, -0.05) is 17.7 Å². The van der Waals surface area contributed by atoms with E-state index in [9.17, 15) is 24.4 Å². The van der Waals surface area contributed by atoms with Gasteiger partial charge >= 0.3 is 0 Å². The Morgan fingerprint density at radius 1 is 0.943 bits per heavy atom. The van der Waals surface area contributed by atoms with E-state index in [1.165, 1.54) is 0 Å². The van der Waals surface area contributed by atoms with E-state index in [2.05, 4.69) is 50.9 Å². The van der Waals surface area contributed by atoms with Crippen LogP contribution in [0.4, 0.5) is 22.7 Å². The van der Waals surface area contributed by atoms with Gasteiger partial charge in [-0.05, 0) is 98.7 Å². The monoisotopic (exact) mass is 736 g/mol. The standard InChI is InChI=1S/C40H45ClN8O4/c1-27-23-40(26-49(27)33-10-7-29(24-42)34(41)22-33)13-15-47(16-14-40)32-8-5-28(6-9-32)39(53)48-19-17-46(18-20-48)25-37(51)44-31-4-2-3-30(21-31)43-35-11-12-36(50)45-38(35)52/h2-10,21-22,27,35,43H,11-20,23,25-26H2,1H3,(H,44,51)(H,45,50,52)/t27-,35-/m1/s1. The lowest BCUT2D eigenvalue weighted by atomic mass is 9.76. The van der Waals surface area contributed by atoms with Crippen molar-refractivity contribution in [3.63, 3.8) is 0 Å². The number of nitrogens with one attached hydrogen (secondary N) is 3. The molecule has 53 heavy (non-hydrogen) atoms. The Hall–Kier alpha value is -5.12. The van der Waals surface area contributed by atoms with Crippen LogP contribution in [-0.2, 0) is 14.4 Å². The third-order valence-corrected chi connectivity index (χ3v) is 11.5. The van der Waals surface area contributed by atoms with Gasteiger partial charge in [0.25, 0.3) is 5.91 Å². The molecule has 4 fully saturated rings. The van der Waals surface area contributed by atoms with Crippen molar-refractivity contribution >= 4 is 58.0 Å². The number of benzene rings is 3. The fourth-order valence-corrected chi connectivity index (χ4v) is 8.49. The zero-order valence-corrected chi connectivity index (χ0v) is 30.7. The van der Waals surface area contributed by atoms with E-state index in [1.807, 2.05) is 46.2 Å². The normalized spacial score (nSPS) is 21.6. The summed E-state index contributed by atoms with van der Waals surface area (Å²) >= 11 is 6.36. The molecule has 0 saturated carbocycles. The van der Waals surface area contributed by atoms with Crippen molar-refractivity contribution < 1.29 is 19.2 Å². The van der Waals surface area contributed by atoms with E-state index >= 15 is 0 Å². The summed E-state index contributed by atoms with van der Waals surface area (Å²) in [4.78, 5) is 58.6. The zero-order chi connectivity index (χ0) is 37.1. The molecule has 276 valence electrons. The fourth-order valence-electron chi connectivity index (χ4n) is 8.27. The molecular weight excluding hydrogens is 692 g/mol. The number of anilines is 4. The van der Waals surface area contributed by atoms with Gasteiger partial charge in [0.1, 0.15) is 12.1 Å². The highest BCUT2D eigenvalue weighted by Gasteiger charge is 2.44. The van der Waals surface area contributed by atoms with Crippen molar-refractivity contribution in [2.45, 2.75) is 51.1 Å². The van der Waals surface area contributed by atoms with Crippen LogP contribution >= 0.6 is 11.6 Å². The predicted molar refractivity (Wildman–Crippen MR) is 205 cm³/mol. The first kappa shape index (κ1) is 36.2. The number of amides is 4. The van der Waals surface area contributed by atoms with Crippen LogP contribution in [0.1, 0.15) is 54.9 Å². The van der Waals surface area contributed by atoms with Crippen LogP contribution in [0.2, 0.25) is 5.02 Å². The Morgan fingerprint density at radius 2 is 1.66 bits per heavy atom. The first-order valence-corrected chi connectivity index (χ1v) is 18.8. The number of carbonyl (C=O) groups excluding carboxylic acids is 4. The van der Waals surface area contributed by atoms with Gasteiger partial charge < -0.3 is 25.3 Å². The lowest BCUT2D eigenvalue weighted by Crippen LogP contribution is -2.50. The average molecular weight is 737 g/mol. The van der Waals surface area contributed by atoms with Crippen molar-refractivity contribution in [3.05, 3.63) is 82.9 Å². The molecular formula is C40H45ClN8O4. The van der Waals surface area contributed by atoms with Gasteiger partial charge in [-0.2, -0.15) is 5.26 Å². The fraction of sp³-hybridized carbons (Fsp3) is 0.425. The number of piperidine rings is 2. The van der Waals surface area contributed by atoms with Crippen LogP contribution in [0.3, 0.4) is 0 Å². The van der Waals surface area contributed by atoms with E-state index in [-0.39, 0.29) is 42.0 Å². The molecule has 1 spiro atoms. The molecule has 3 N–H and O–H groups in total. The second-order valence-electron chi connectivity index (χ2n) is 14.8. The molecule has 4 heterocycles. The van der Waals surface area contributed by atoms with Gasteiger partial charge in [0.2, 0.25) is 17.7 Å². The molecule has 13 heteroatoms. The maximum atomic E-state index is 13.4. The van der Waals surface area contributed by atoms with Crippen molar-refractivity contribution in [1.29, 1.82) is 5.26 Å². The molecule has 2 atom stereocenters. The number of nitriles is 1. The van der Waals surface area contributed by atoms with Gasteiger partial charge in [-0.25, -0.2) is 0 Å². The molecule has 0 unspecified atom stereocenters. The smallest absolute Gasteiger partial charge is 0.253 e. The molecule has 0 aliphatic carbocycles. The second-order valence-corrected chi connectivity index (χ2v) is 15.2. The maximum Gasteiger partial charge on any atom is 0.253 e. The van der Waals surface area contributed by atoms with Crippen LogP contribution in [0, 0.1) is 16.7 Å². The van der Waals surface area contributed by atoms with Gasteiger partial charge in [0.15, 0.2) is 0 Å². The predicted octanol–water partition coefficient (Wildman–Crippen LogP) is 4.71. The van der Waals surface area contributed by atoms with Crippen LogP contribution < -0.4 is 25.8 Å². The summed E-state index contributed by atoms with van der Waals surface area (Å²) in [6.45, 7) is 7.65. The first-order chi connectivity index (χ1) is 25.6. The van der Waals surface area contributed by atoms with E-state index in [0.717, 1.165) is 50.3 Å². The summed E-state index contributed by atoms with van der Waals surface area (Å²) in [7, 11) is 0. The summed E-state index contributed by atoms with van der Waals surface area (Å²) in [5.41, 5.74) is 4.92. The van der Waals surface area contributed by atoms with E-state index < -0.39 is 6.04 Å². The minimum absolute atomic E-state index is 0.00141. The molecule has 0 radical (unpaired) electrons. The zero-order valence-electron chi connectivity index (χ0n) is 29.9. The van der Waals surface area contributed by atoms with Gasteiger partial charge in [0.05, 0.1) is 17.1 Å². The lowest BCUT2D eigenvalue weighted by molar-refractivity contribution is -0.133. The summed E-state index contributed by atoms with van der Waals surface area (Å²) in [5.74, 6) is -0.770. The largest absolute Gasteiger partial charge is 0.374 e. The van der Waals surface area contributed by atoms with Crippen molar-refractivity contribution in [1.82, 2.24) is 15.1 Å². The molecule has 4 saturated heterocycles. The summed E-state index contributed by atoms with van der Waals surface area (Å²) in [5, 5.41) is 18.2. The minimum atomic E-state index is -0.504. The lowest BCUT2D eigenvalue weighted by Gasteiger charge is -2.40. The Kier molecular flexibility index (Phi) is 10.6. The Labute approximate surface area is 315 Å². The quantitative estimate of drug-likeness (QED) is 0.281. The van der Waals surface area contributed by atoms with Crippen LogP contribution in [-0.4, -0.2) is 97.9 Å². The van der Waals surface area contributed by atoms with Crippen LogP contribution in [0.25, 0.3) is 0 Å². The number of imide groups is 1. The molecule has 0 aromatic heterocycles. The van der Waals surface area contributed by atoms with E-state index in [1.54, 1.807) is 18.2 Å². The summed E-state index contributed by atoms with van der Waals surface area (Å²) in [6, 6.07) is 22.9. The summed E-state index contributed by atoms with van der Waals surface area (Å²) < 4.78 is 0. The van der Waals surface area contributed by atoms with Crippen molar-refractivity contribution in [2.75, 3.05) is 72.8 Å². The van der Waals surface area contributed by atoms with Gasteiger partial charge in [0, 0.05) is 86.6 Å². The average Bonchev–Trinajstić information content (AvgIpc) is 3.48. The van der Waals surface area contributed by atoms with Gasteiger partial charge in [-0.3, -0.25) is 29.4 Å². The number of rotatable bonds is 8. The first-order valence-electron chi connectivity index (χ1n) is 18.4. The molecule has 12 nitrogen and oxygen atoms in total. The Balaban J connectivity index is 0.852. The molecule has 0 bridgehead atoms. The third kappa shape index (κ3) is 8.27. The van der Waals surface area contributed by atoms with Gasteiger partial charge in [-0.15, -0.1) is 0 Å². The number of carbonyl (C=O) groups is 4. The minimum Gasteiger partial charge on any atom is -0.374 e. The molecule has 3 aromatic rings. The number of nitrogens with zero attached hydrogens (tertiary/aromatic N) is 5. The highest BCUT2D eigenvalue weighted by molar-refractivity contribution is 6.32. The van der Waals surface area contributed by atoms with Crippen LogP contribution in [0.5, 0.6) is 0 Å². The number of hydrogen-bond acceptors (Lipinski definition) is 9.